The summed E-state index contributed by atoms with van der Waals surface area (Å²) in [5.41, 5.74) is 0.212. The van der Waals surface area contributed by atoms with Crippen molar-refractivity contribution in [2.24, 2.45) is 0 Å². The monoisotopic (exact) mass is 262 g/mol. The van der Waals surface area contributed by atoms with Gasteiger partial charge in [-0.25, -0.2) is 4.39 Å². The number of carbonyl (C=O) groups is 1. The molecule has 0 heterocycles. The van der Waals surface area contributed by atoms with Crippen molar-refractivity contribution in [1.82, 2.24) is 0 Å². The van der Waals surface area contributed by atoms with Gasteiger partial charge in [-0.3, -0.25) is 4.79 Å². The molecule has 0 atom stereocenters. The van der Waals surface area contributed by atoms with Crippen LogP contribution in [0.4, 0.5) is 4.39 Å². The lowest BCUT2D eigenvalue weighted by molar-refractivity contribution is -0.136. The summed E-state index contributed by atoms with van der Waals surface area (Å²) in [6, 6.07) is 14.2. The fourth-order valence-electron chi connectivity index (χ4n) is 1.54. The molecular formula is C14H11FO2S. The maximum Gasteiger partial charge on any atom is 0.307 e. The lowest BCUT2D eigenvalue weighted by Gasteiger charge is -2.05. The zero-order valence-corrected chi connectivity index (χ0v) is 10.3. The number of aliphatic carboxylic acids is 1. The van der Waals surface area contributed by atoms with E-state index in [0.29, 0.717) is 0 Å². The van der Waals surface area contributed by atoms with Crippen LogP contribution in [-0.2, 0) is 11.2 Å². The van der Waals surface area contributed by atoms with Gasteiger partial charge in [-0.2, -0.15) is 0 Å². The van der Waals surface area contributed by atoms with Gasteiger partial charge in [0, 0.05) is 15.4 Å². The van der Waals surface area contributed by atoms with E-state index >= 15 is 0 Å². The first-order valence-electron chi connectivity index (χ1n) is 5.38. The van der Waals surface area contributed by atoms with E-state index < -0.39 is 11.8 Å². The summed E-state index contributed by atoms with van der Waals surface area (Å²) in [6.07, 6.45) is -0.297. The van der Waals surface area contributed by atoms with E-state index in [9.17, 15) is 9.18 Å². The lowest BCUT2D eigenvalue weighted by Crippen LogP contribution is -2.02. The minimum Gasteiger partial charge on any atom is -0.481 e. The Bertz CT molecular complexity index is 555. The predicted molar refractivity (Wildman–Crippen MR) is 68.3 cm³/mol. The first-order chi connectivity index (χ1) is 8.65. The second-order valence-corrected chi connectivity index (χ2v) is 4.89. The molecule has 0 aliphatic heterocycles. The van der Waals surface area contributed by atoms with Crippen LogP contribution in [-0.4, -0.2) is 11.1 Å². The SMILES string of the molecule is O=C(O)Cc1cc(Sc2ccccc2)ccc1F. The number of halogens is 1. The van der Waals surface area contributed by atoms with E-state index in [1.807, 2.05) is 30.3 Å². The molecule has 0 amide bonds. The predicted octanol–water partition coefficient (Wildman–Crippen LogP) is 3.60. The highest BCUT2D eigenvalue weighted by Gasteiger charge is 2.08. The molecule has 2 aromatic rings. The number of benzene rings is 2. The van der Waals surface area contributed by atoms with E-state index in [1.54, 1.807) is 12.1 Å². The number of hydrogen-bond acceptors (Lipinski definition) is 2. The van der Waals surface area contributed by atoms with Crippen LogP contribution in [0.2, 0.25) is 0 Å². The number of carboxylic acids is 1. The smallest absolute Gasteiger partial charge is 0.307 e. The van der Waals surface area contributed by atoms with Gasteiger partial charge in [0.25, 0.3) is 0 Å². The molecule has 0 spiro atoms. The average molecular weight is 262 g/mol. The molecule has 0 bridgehead atoms. The Labute approximate surface area is 108 Å². The Morgan fingerprint density at radius 2 is 1.83 bits per heavy atom. The van der Waals surface area contributed by atoms with Crippen molar-refractivity contribution in [2.45, 2.75) is 16.2 Å². The maximum absolute atomic E-state index is 13.4. The van der Waals surface area contributed by atoms with Crippen LogP contribution in [0, 0.1) is 5.82 Å². The molecule has 0 saturated heterocycles. The van der Waals surface area contributed by atoms with Crippen LogP contribution in [0.15, 0.2) is 58.3 Å². The molecule has 0 aromatic heterocycles. The molecule has 0 fully saturated rings. The summed E-state index contributed by atoms with van der Waals surface area (Å²) in [7, 11) is 0. The van der Waals surface area contributed by atoms with Gasteiger partial charge in [-0.1, -0.05) is 30.0 Å². The van der Waals surface area contributed by atoms with Gasteiger partial charge in [0.05, 0.1) is 6.42 Å². The first kappa shape index (κ1) is 12.6. The van der Waals surface area contributed by atoms with Crippen molar-refractivity contribution in [3.05, 3.63) is 59.9 Å². The molecule has 4 heteroatoms. The van der Waals surface area contributed by atoms with Crippen LogP contribution in [0.25, 0.3) is 0 Å². The summed E-state index contributed by atoms with van der Waals surface area (Å²) in [4.78, 5) is 12.5. The normalized spacial score (nSPS) is 10.3. The zero-order chi connectivity index (χ0) is 13.0. The number of rotatable bonds is 4. The summed E-state index contributed by atoms with van der Waals surface area (Å²) < 4.78 is 13.4. The quantitative estimate of drug-likeness (QED) is 0.914. The Hall–Kier alpha value is -1.81. The Morgan fingerprint density at radius 3 is 2.50 bits per heavy atom. The van der Waals surface area contributed by atoms with Crippen LogP contribution in [0.5, 0.6) is 0 Å². The van der Waals surface area contributed by atoms with Crippen LogP contribution in [0.1, 0.15) is 5.56 Å². The molecule has 1 N–H and O–H groups in total. The average Bonchev–Trinajstić information content (AvgIpc) is 2.34. The minimum absolute atomic E-state index is 0.212. The Kier molecular flexibility index (Phi) is 3.99. The standard InChI is InChI=1S/C14H11FO2S/c15-13-7-6-12(8-10(13)9-14(16)17)18-11-4-2-1-3-5-11/h1-8H,9H2,(H,16,17). The molecule has 2 aromatic carbocycles. The topological polar surface area (TPSA) is 37.3 Å². The third-order valence-electron chi connectivity index (χ3n) is 2.34. The van der Waals surface area contributed by atoms with Crippen molar-refractivity contribution >= 4 is 17.7 Å². The third kappa shape index (κ3) is 3.34. The zero-order valence-electron chi connectivity index (χ0n) is 9.47. The summed E-state index contributed by atoms with van der Waals surface area (Å²) in [5.74, 6) is -1.51. The van der Waals surface area contributed by atoms with E-state index in [2.05, 4.69) is 0 Å². The molecule has 0 aliphatic carbocycles. The molecule has 92 valence electrons. The highest BCUT2D eigenvalue weighted by atomic mass is 32.2. The molecule has 0 radical (unpaired) electrons. The third-order valence-corrected chi connectivity index (χ3v) is 3.34. The van der Waals surface area contributed by atoms with Crippen molar-refractivity contribution in [2.75, 3.05) is 0 Å². The van der Waals surface area contributed by atoms with Gasteiger partial charge in [-0.15, -0.1) is 0 Å². The fraction of sp³-hybridized carbons (Fsp3) is 0.0714. The fourth-order valence-corrected chi connectivity index (χ4v) is 2.44. The van der Waals surface area contributed by atoms with Gasteiger partial charge >= 0.3 is 5.97 Å². The second kappa shape index (κ2) is 5.69. The van der Waals surface area contributed by atoms with Crippen LogP contribution >= 0.6 is 11.8 Å². The van der Waals surface area contributed by atoms with E-state index in [0.717, 1.165) is 9.79 Å². The van der Waals surface area contributed by atoms with Gasteiger partial charge in [0.15, 0.2) is 0 Å². The van der Waals surface area contributed by atoms with Crippen molar-refractivity contribution in [3.8, 4) is 0 Å². The number of carboxylic acid groups (broad SMARTS) is 1. The largest absolute Gasteiger partial charge is 0.481 e. The maximum atomic E-state index is 13.4. The number of hydrogen-bond donors (Lipinski definition) is 1. The summed E-state index contributed by atoms with van der Waals surface area (Å²) >= 11 is 1.48. The molecule has 18 heavy (non-hydrogen) atoms. The molecular weight excluding hydrogens is 251 g/mol. The second-order valence-electron chi connectivity index (χ2n) is 3.74. The van der Waals surface area contributed by atoms with Gasteiger partial charge in [-0.05, 0) is 30.3 Å². The van der Waals surface area contributed by atoms with Crippen LogP contribution < -0.4 is 0 Å². The Morgan fingerprint density at radius 1 is 1.11 bits per heavy atom. The molecule has 2 rings (SSSR count). The summed E-state index contributed by atoms with van der Waals surface area (Å²) in [5, 5.41) is 8.70. The highest BCUT2D eigenvalue weighted by Crippen LogP contribution is 2.28. The van der Waals surface area contributed by atoms with E-state index in [4.69, 9.17) is 5.11 Å². The van der Waals surface area contributed by atoms with Crippen molar-refractivity contribution in [1.29, 1.82) is 0 Å². The van der Waals surface area contributed by atoms with Crippen molar-refractivity contribution in [3.63, 3.8) is 0 Å². The summed E-state index contributed by atoms with van der Waals surface area (Å²) in [6.45, 7) is 0. The van der Waals surface area contributed by atoms with E-state index in [1.165, 1.54) is 17.8 Å². The van der Waals surface area contributed by atoms with Crippen LogP contribution in [0.3, 0.4) is 0 Å². The van der Waals surface area contributed by atoms with E-state index in [-0.39, 0.29) is 12.0 Å². The molecule has 0 saturated carbocycles. The molecule has 0 aliphatic rings. The minimum atomic E-state index is -1.03. The highest BCUT2D eigenvalue weighted by molar-refractivity contribution is 7.99. The van der Waals surface area contributed by atoms with Gasteiger partial charge in [0.2, 0.25) is 0 Å². The van der Waals surface area contributed by atoms with Gasteiger partial charge < -0.3 is 5.11 Å². The Balaban J connectivity index is 2.22. The lowest BCUT2D eigenvalue weighted by atomic mass is 10.1. The first-order valence-corrected chi connectivity index (χ1v) is 6.20. The van der Waals surface area contributed by atoms with Crippen molar-refractivity contribution < 1.29 is 14.3 Å². The molecule has 0 unspecified atom stereocenters. The molecule has 2 nitrogen and oxygen atoms in total. The van der Waals surface area contributed by atoms with Gasteiger partial charge in [0.1, 0.15) is 5.82 Å².